The molecule has 0 atom stereocenters. The van der Waals surface area contributed by atoms with E-state index in [1.165, 1.54) is 0 Å². The third-order valence-corrected chi connectivity index (χ3v) is 5.32. The van der Waals surface area contributed by atoms with Crippen LogP contribution in [-0.2, 0) is 4.74 Å². The third-order valence-electron chi connectivity index (χ3n) is 5.32. The normalized spacial score (nSPS) is 11.7. The van der Waals surface area contributed by atoms with E-state index in [4.69, 9.17) is 4.74 Å². The largest absolute Gasteiger partial charge is 0.449 e. The molecule has 0 aliphatic heterocycles. The topological polar surface area (TPSA) is 81.5 Å². The van der Waals surface area contributed by atoms with E-state index in [2.05, 4.69) is 17.2 Å². The first kappa shape index (κ1) is 22.0. The summed E-state index contributed by atoms with van der Waals surface area (Å²) >= 11 is 0. The number of amides is 1. The van der Waals surface area contributed by atoms with Crippen molar-refractivity contribution in [3.05, 3.63) is 99.1 Å². The fourth-order valence-electron chi connectivity index (χ4n) is 3.81. The number of ether oxygens (including phenoxy) is 1. The summed E-state index contributed by atoms with van der Waals surface area (Å²) in [7, 11) is 0. The van der Waals surface area contributed by atoms with Crippen molar-refractivity contribution in [2.45, 2.75) is 12.3 Å². The van der Waals surface area contributed by atoms with Crippen molar-refractivity contribution >= 4 is 11.8 Å². The number of carbonyl (C=O) groups is 1. The number of alkyl carbamates (subject to hydrolysis) is 1. The molecule has 1 aliphatic carbocycles. The molecule has 6 nitrogen and oxygen atoms in total. The van der Waals surface area contributed by atoms with Crippen LogP contribution in [0, 0.1) is 33.6 Å². The number of benzene rings is 3. The van der Waals surface area contributed by atoms with E-state index < -0.39 is 28.3 Å². The second-order valence-corrected chi connectivity index (χ2v) is 7.34. The van der Waals surface area contributed by atoms with E-state index in [1.807, 2.05) is 48.5 Å². The number of rotatable bonds is 5. The van der Waals surface area contributed by atoms with Crippen LogP contribution in [0.3, 0.4) is 0 Å². The highest BCUT2D eigenvalue weighted by molar-refractivity contribution is 5.79. The first-order valence-electron chi connectivity index (χ1n) is 10.2. The van der Waals surface area contributed by atoms with Gasteiger partial charge in [-0.1, -0.05) is 60.4 Å². The fourth-order valence-corrected chi connectivity index (χ4v) is 3.81. The summed E-state index contributed by atoms with van der Waals surface area (Å²) < 4.78 is 32.5. The van der Waals surface area contributed by atoms with E-state index in [0.29, 0.717) is 6.07 Å². The van der Waals surface area contributed by atoms with Gasteiger partial charge in [-0.3, -0.25) is 10.1 Å². The summed E-state index contributed by atoms with van der Waals surface area (Å²) in [5, 5.41) is 13.3. The summed E-state index contributed by atoms with van der Waals surface area (Å²) in [5.74, 6) is 2.71. The van der Waals surface area contributed by atoms with Gasteiger partial charge in [-0.15, -0.1) is 0 Å². The van der Waals surface area contributed by atoms with E-state index in [9.17, 15) is 23.7 Å². The fraction of sp³-hybridized carbons (Fsp3) is 0.160. The number of hydrogen-bond acceptors (Lipinski definition) is 4. The number of nitro groups is 1. The molecule has 0 saturated heterocycles. The van der Waals surface area contributed by atoms with Crippen molar-refractivity contribution in [3.63, 3.8) is 0 Å². The first-order chi connectivity index (χ1) is 16.0. The van der Waals surface area contributed by atoms with Crippen molar-refractivity contribution in [2.24, 2.45) is 0 Å². The first-order valence-corrected chi connectivity index (χ1v) is 10.2. The quantitative estimate of drug-likeness (QED) is 0.253. The predicted molar refractivity (Wildman–Crippen MR) is 118 cm³/mol. The Hall–Kier alpha value is -4.25. The maximum absolute atomic E-state index is 13.7. The van der Waals surface area contributed by atoms with E-state index in [0.717, 1.165) is 28.3 Å². The summed E-state index contributed by atoms with van der Waals surface area (Å²) in [6.45, 7) is 0.310. The second-order valence-electron chi connectivity index (χ2n) is 7.34. The van der Waals surface area contributed by atoms with Crippen LogP contribution in [0.4, 0.5) is 19.3 Å². The molecule has 0 heterocycles. The predicted octanol–water partition coefficient (Wildman–Crippen LogP) is 5.15. The maximum Gasteiger partial charge on any atom is 0.407 e. The van der Waals surface area contributed by atoms with Crippen LogP contribution >= 0.6 is 0 Å². The lowest BCUT2D eigenvalue weighted by Gasteiger charge is -2.14. The van der Waals surface area contributed by atoms with Gasteiger partial charge in [0.15, 0.2) is 0 Å². The smallest absolute Gasteiger partial charge is 0.407 e. The lowest BCUT2D eigenvalue weighted by atomic mass is 9.98. The highest BCUT2D eigenvalue weighted by Gasteiger charge is 2.28. The molecule has 3 aromatic rings. The van der Waals surface area contributed by atoms with Crippen molar-refractivity contribution in [1.82, 2.24) is 5.32 Å². The number of halogens is 2. The van der Waals surface area contributed by atoms with Gasteiger partial charge in [-0.2, -0.15) is 4.39 Å². The third kappa shape index (κ3) is 4.67. The number of nitrogens with one attached hydrogen (secondary N) is 1. The van der Waals surface area contributed by atoms with Crippen LogP contribution in [0.2, 0.25) is 0 Å². The van der Waals surface area contributed by atoms with Gasteiger partial charge in [0.1, 0.15) is 12.4 Å². The minimum atomic E-state index is -1.26. The molecule has 0 aromatic heterocycles. The number of nitro benzene ring substituents is 1. The maximum atomic E-state index is 13.7. The Kier molecular flexibility index (Phi) is 6.31. The van der Waals surface area contributed by atoms with E-state index in [1.54, 1.807) is 0 Å². The Bertz CT molecular complexity index is 1250. The van der Waals surface area contributed by atoms with Crippen molar-refractivity contribution in [3.8, 4) is 23.0 Å². The standard InChI is InChI=1S/C25H18F2N2O4/c26-22-14-23(27)24(29(31)32)13-16(22)7-5-6-12-28-25(30)33-15-21-19-10-3-1-8-17(19)18-9-2-4-11-20(18)21/h1-4,8-11,13-14,21H,6,12,15H2,(H,28,30). The summed E-state index contributed by atoms with van der Waals surface area (Å²) in [6.07, 6.45) is -0.461. The molecule has 0 unspecified atom stereocenters. The van der Waals surface area contributed by atoms with Gasteiger partial charge in [0.25, 0.3) is 0 Å². The van der Waals surface area contributed by atoms with E-state index in [-0.39, 0.29) is 31.1 Å². The van der Waals surface area contributed by atoms with Crippen molar-refractivity contribution < 1.29 is 23.2 Å². The molecule has 0 radical (unpaired) electrons. The zero-order chi connectivity index (χ0) is 23.4. The minimum absolute atomic E-state index is 0.0554. The highest BCUT2D eigenvalue weighted by atomic mass is 19.1. The lowest BCUT2D eigenvalue weighted by Crippen LogP contribution is -2.26. The van der Waals surface area contributed by atoms with Gasteiger partial charge in [0.05, 0.1) is 10.5 Å². The van der Waals surface area contributed by atoms with E-state index >= 15 is 0 Å². The van der Waals surface area contributed by atoms with Gasteiger partial charge in [0.2, 0.25) is 5.82 Å². The molecule has 1 N–H and O–H groups in total. The highest BCUT2D eigenvalue weighted by Crippen LogP contribution is 2.44. The molecule has 33 heavy (non-hydrogen) atoms. The SMILES string of the molecule is O=C(NCCC#Cc1cc([N+](=O)[O-])c(F)cc1F)OCC1c2ccccc2-c2ccccc21. The van der Waals surface area contributed by atoms with Crippen molar-refractivity contribution in [2.75, 3.05) is 13.2 Å². The summed E-state index contributed by atoms with van der Waals surface area (Å²) in [5.41, 5.74) is 3.33. The van der Waals surface area contributed by atoms with Gasteiger partial charge in [-0.05, 0) is 22.3 Å². The Morgan fingerprint density at radius 3 is 2.30 bits per heavy atom. The molecule has 166 valence electrons. The number of fused-ring (bicyclic) bond motifs is 3. The summed E-state index contributed by atoms with van der Waals surface area (Å²) in [6, 6.07) is 17.2. The Morgan fingerprint density at radius 2 is 1.67 bits per heavy atom. The lowest BCUT2D eigenvalue weighted by molar-refractivity contribution is -0.387. The molecule has 0 saturated carbocycles. The molecule has 0 fully saturated rings. The number of hydrogen-bond donors (Lipinski definition) is 1. The van der Waals surface area contributed by atoms with Gasteiger partial charge < -0.3 is 10.1 Å². The van der Waals surface area contributed by atoms with Crippen LogP contribution in [-0.4, -0.2) is 24.2 Å². The Morgan fingerprint density at radius 1 is 1.03 bits per heavy atom. The molecule has 0 spiro atoms. The molecule has 3 aromatic carbocycles. The van der Waals surface area contributed by atoms with Crippen LogP contribution < -0.4 is 5.32 Å². The van der Waals surface area contributed by atoms with Crippen molar-refractivity contribution in [1.29, 1.82) is 0 Å². The zero-order valence-corrected chi connectivity index (χ0v) is 17.3. The molecule has 8 heteroatoms. The number of nitrogens with zero attached hydrogens (tertiary/aromatic N) is 1. The van der Waals surface area contributed by atoms with Gasteiger partial charge in [-0.25, -0.2) is 9.18 Å². The van der Waals surface area contributed by atoms with Crippen LogP contribution in [0.5, 0.6) is 0 Å². The molecule has 1 amide bonds. The van der Waals surface area contributed by atoms with Crippen LogP contribution in [0.1, 0.15) is 29.0 Å². The monoisotopic (exact) mass is 448 g/mol. The van der Waals surface area contributed by atoms with Gasteiger partial charge >= 0.3 is 11.8 Å². The molecular formula is C25H18F2N2O4. The molecule has 1 aliphatic rings. The average molecular weight is 448 g/mol. The molecule has 0 bridgehead atoms. The van der Waals surface area contributed by atoms with Gasteiger partial charge in [0, 0.05) is 31.0 Å². The van der Waals surface area contributed by atoms with Crippen LogP contribution in [0.25, 0.3) is 11.1 Å². The number of carbonyl (C=O) groups excluding carboxylic acids is 1. The Balaban J connectivity index is 1.31. The Labute approximate surface area is 188 Å². The molecule has 4 rings (SSSR count). The minimum Gasteiger partial charge on any atom is -0.449 e. The van der Waals surface area contributed by atoms with Crippen LogP contribution in [0.15, 0.2) is 60.7 Å². The molecular weight excluding hydrogens is 430 g/mol. The summed E-state index contributed by atoms with van der Waals surface area (Å²) in [4.78, 5) is 21.9. The average Bonchev–Trinajstić information content (AvgIpc) is 3.12. The second kappa shape index (κ2) is 9.49. The zero-order valence-electron chi connectivity index (χ0n) is 17.3.